The van der Waals surface area contributed by atoms with E-state index in [1.165, 1.54) is 38.5 Å². The fourth-order valence-corrected chi connectivity index (χ4v) is 2.80. The second-order valence-corrected chi connectivity index (χ2v) is 5.82. The Morgan fingerprint density at radius 1 is 1.21 bits per heavy atom. The Kier molecular flexibility index (Phi) is 7.53. The molecule has 0 spiro atoms. The highest BCUT2D eigenvalue weighted by atomic mass is 16.4. The molecule has 0 saturated heterocycles. The molecule has 1 aliphatic carbocycles. The van der Waals surface area contributed by atoms with Gasteiger partial charge in [-0.2, -0.15) is 0 Å². The van der Waals surface area contributed by atoms with Crippen molar-refractivity contribution in [3.05, 3.63) is 0 Å². The van der Waals surface area contributed by atoms with Crippen LogP contribution in [0, 0.1) is 5.92 Å². The minimum Gasteiger partial charge on any atom is -0.481 e. The van der Waals surface area contributed by atoms with Crippen LogP contribution in [0.5, 0.6) is 0 Å². The topological polar surface area (TPSA) is 66.4 Å². The third-order valence-electron chi connectivity index (χ3n) is 3.88. The SMILES string of the molecule is CC(CCCC(=O)O)NC(=O)CC1CCCCCC1. The van der Waals surface area contributed by atoms with Gasteiger partial charge in [0.2, 0.25) is 5.91 Å². The molecule has 4 heteroatoms. The van der Waals surface area contributed by atoms with Crippen LogP contribution < -0.4 is 5.32 Å². The molecule has 0 aromatic rings. The van der Waals surface area contributed by atoms with E-state index in [0.717, 1.165) is 6.42 Å². The van der Waals surface area contributed by atoms with Gasteiger partial charge in [0.05, 0.1) is 0 Å². The van der Waals surface area contributed by atoms with E-state index in [0.29, 0.717) is 18.8 Å². The van der Waals surface area contributed by atoms with Crippen molar-refractivity contribution < 1.29 is 14.7 Å². The monoisotopic (exact) mass is 269 g/mol. The largest absolute Gasteiger partial charge is 0.481 e. The molecule has 1 atom stereocenters. The molecular weight excluding hydrogens is 242 g/mol. The van der Waals surface area contributed by atoms with Crippen LogP contribution in [0.4, 0.5) is 0 Å². The second-order valence-electron chi connectivity index (χ2n) is 5.82. The predicted octanol–water partition coefficient (Wildman–Crippen LogP) is 3.11. The predicted molar refractivity (Wildman–Crippen MR) is 74.9 cm³/mol. The standard InChI is InChI=1S/C15H27NO3/c1-12(7-6-10-15(18)19)16-14(17)11-13-8-4-2-3-5-9-13/h12-13H,2-11H2,1H3,(H,16,17)(H,18,19). The summed E-state index contributed by atoms with van der Waals surface area (Å²) in [7, 11) is 0. The van der Waals surface area contributed by atoms with Gasteiger partial charge in [-0.3, -0.25) is 9.59 Å². The number of carbonyl (C=O) groups is 2. The zero-order valence-electron chi connectivity index (χ0n) is 12.0. The first-order valence-corrected chi connectivity index (χ1v) is 7.59. The maximum Gasteiger partial charge on any atom is 0.303 e. The van der Waals surface area contributed by atoms with E-state index >= 15 is 0 Å². The van der Waals surface area contributed by atoms with Gasteiger partial charge in [0.15, 0.2) is 0 Å². The first-order valence-electron chi connectivity index (χ1n) is 7.59. The summed E-state index contributed by atoms with van der Waals surface area (Å²) in [5.41, 5.74) is 0. The third kappa shape index (κ3) is 7.85. The van der Waals surface area contributed by atoms with Gasteiger partial charge in [-0.05, 0) is 38.5 Å². The van der Waals surface area contributed by atoms with E-state index in [1.807, 2.05) is 6.92 Å². The lowest BCUT2D eigenvalue weighted by Gasteiger charge is -2.17. The summed E-state index contributed by atoms with van der Waals surface area (Å²) in [4.78, 5) is 22.3. The lowest BCUT2D eigenvalue weighted by molar-refractivity contribution is -0.137. The Morgan fingerprint density at radius 2 is 1.84 bits per heavy atom. The summed E-state index contributed by atoms with van der Waals surface area (Å²) in [5, 5.41) is 11.6. The fourth-order valence-electron chi connectivity index (χ4n) is 2.80. The second kappa shape index (κ2) is 8.94. The minimum atomic E-state index is -0.767. The first kappa shape index (κ1) is 16.0. The maximum atomic E-state index is 11.9. The van der Waals surface area contributed by atoms with Crippen LogP contribution in [-0.4, -0.2) is 23.0 Å². The van der Waals surface area contributed by atoms with Gasteiger partial charge >= 0.3 is 5.97 Å². The maximum absolute atomic E-state index is 11.9. The Hall–Kier alpha value is -1.06. The molecule has 0 aromatic carbocycles. The van der Waals surface area contributed by atoms with Crippen LogP contribution in [0.1, 0.15) is 71.1 Å². The van der Waals surface area contributed by atoms with Crippen LogP contribution in [0.25, 0.3) is 0 Å². The van der Waals surface area contributed by atoms with Gasteiger partial charge in [-0.1, -0.05) is 25.7 Å². The minimum absolute atomic E-state index is 0.0811. The number of hydrogen-bond acceptors (Lipinski definition) is 2. The van der Waals surface area contributed by atoms with Gasteiger partial charge in [0, 0.05) is 18.9 Å². The van der Waals surface area contributed by atoms with Gasteiger partial charge in [0.25, 0.3) is 0 Å². The van der Waals surface area contributed by atoms with Crippen LogP contribution in [0.3, 0.4) is 0 Å². The number of carboxylic acid groups (broad SMARTS) is 1. The number of hydrogen-bond donors (Lipinski definition) is 2. The lowest BCUT2D eigenvalue weighted by atomic mass is 9.96. The first-order chi connectivity index (χ1) is 9.08. The van der Waals surface area contributed by atoms with Crippen molar-refractivity contribution in [1.82, 2.24) is 5.32 Å². The van der Waals surface area contributed by atoms with Crippen molar-refractivity contribution in [3.8, 4) is 0 Å². The molecule has 2 N–H and O–H groups in total. The highest BCUT2D eigenvalue weighted by molar-refractivity contribution is 5.76. The van der Waals surface area contributed by atoms with Crippen LogP contribution in [0.2, 0.25) is 0 Å². The molecule has 110 valence electrons. The molecule has 0 bridgehead atoms. The van der Waals surface area contributed by atoms with Crippen LogP contribution in [-0.2, 0) is 9.59 Å². The fraction of sp³-hybridized carbons (Fsp3) is 0.867. The quantitative estimate of drug-likeness (QED) is 0.698. The number of amides is 1. The zero-order valence-corrected chi connectivity index (χ0v) is 12.0. The molecule has 0 radical (unpaired) electrons. The molecule has 1 aliphatic rings. The molecule has 4 nitrogen and oxygen atoms in total. The number of aliphatic carboxylic acids is 1. The summed E-state index contributed by atoms with van der Waals surface area (Å²) in [6, 6.07) is 0.0811. The van der Waals surface area contributed by atoms with Crippen molar-refractivity contribution in [2.24, 2.45) is 5.92 Å². The molecule has 0 aromatic heterocycles. The van der Waals surface area contributed by atoms with E-state index in [9.17, 15) is 9.59 Å². The van der Waals surface area contributed by atoms with Crippen molar-refractivity contribution in [3.63, 3.8) is 0 Å². The summed E-state index contributed by atoms with van der Waals surface area (Å²) < 4.78 is 0. The number of nitrogens with one attached hydrogen (secondary N) is 1. The highest BCUT2D eigenvalue weighted by Crippen LogP contribution is 2.25. The van der Waals surface area contributed by atoms with Crippen molar-refractivity contribution >= 4 is 11.9 Å². The Balaban J connectivity index is 2.16. The molecule has 1 unspecified atom stereocenters. The summed E-state index contributed by atoms with van der Waals surface area (Å²) in [6.07, 6.45) is 9.68. The van der Waals surface area contributed by atoms with E-state index in [1.54, 1.807) is 0 Å². The number of rotatable bonds is 7. The van der Waals surface area contributed by atoms with Crippen molar-refractivity contribution in [2.75, 3.05) is 0 Å². The van der Waals surface area contributed by atoms with Crippen LogP contribution >= 0.6 is 0 Å². The Labute approximate surface area is 116 Å². The smallest absolute Gasteiger partial charge is 0.303 e. The van der Waals surface area contributed by atoms with Gasteiger partial charge in [-0.25, -0.2) is 0 Å². The number of carboxylic acids is 1. The lowest BCUT2D eigenvalue weighted by Crippen LogP contribution is -2.33. The molecule has 1 fully saturated rings. The van der Waals surface area contributed by atoms with Gasteiger partial charge in [-0.15, -0.1) is 0 Å². The number of carbonyl (C=O) groups excluding carboxylic acids is 1. The van der Waals surface area contributed by atoms with Gasteiger partial charge in [0.1, 0.15) is 0 Å². The summed E-state index contributed by atoms with van der Waals surface area (Å²) >= 11 is 0. The molecule has 1 rings (SSSR count). The van der Waals surface area contributed by atoms with E-state index in [2.05, 4.69) is 5.32 Å². The van der Waals surface area contributed by atoms with E-state index in [-0.39, 0.29) is 18.4 Å². The Morgan fingerprint density at radius 3 is 2.42 bits per heavy atom. The molecule has 0 heterocycles. The van der Waals surface area contributed by atoms with Crippen LogP contribution in [0.15, 0.2) is 0 Å². The third-order valence-corrected chi connectivity index (χ3v) is 3.88. The van der Waals surface area contributed by atoms with Crippen molar-refractivity contribution in [1.29, 1.82) is 0 Å². The molecule has 1 saturated carbocycles. The zero-order chi connectivity index (χ0) is 14.1. The normalized spacial score (nSPS) is 18.6. The average molecular weight is 269 g/mol. The van der Waals surface area contributed by atoms with Gasteiger partial charge < -0.3 is 10.4 Å². The molecule has 1 amide bonds. The summed E-state index contributed by atoms with van der Waals surface area (Å²) in [5.74, 6) is -0.0829. The molecule has 0 aliphatic heterocycles. The highest BCUT2D eigenvalue weighted by Gasteiger charge is 2.17. The average Bonchev–Trinajstić information content (AvgIpc) is 2.56. The Bertz CT molecular complexity index is 283. The van der Waals surface area contributed by atoms with Crippen molar-refractivity contribution in [2.45, 2.75) is 77.2 Å². The van der Waals surface area contributed by atoms with E-state index < -0.39 is 5.97 Å². The molecular formula is C15H27NO3. The summed E-state index contributed by atoms with van der Waals surface area (Å²) in [6.45, 7) is 1.95. The van der Waals surface area contributed by atoms with E-state index in [4.69, 9.17) is 5.11 Å². The molecule has 19 heavy (non-hydrogen) atoms.